The smallest absolute Gasteiger partial charge is 0 e. The molecule has 3 atom stereocenters. The summed E-state index contributed by atoms with van der Waals surface area (Å²) in [6, 6.07) is 0. The van der Waals surface area contributed by atoms with Gasteiger partial charge in [0.25, 0.3) is 0 Å². The monoisotopic (exact) mass is 903 g/mol. The summed E-state index contributed by atoms with van der Waals surface area (Å²) in [5.74, 6) is 4.67. The van der Waals surface area contributed by atoms with Gasteiger partial charge in [-0.25, -0.2) is 0 Å². The third-order valence-corrected chi connectivity index (χ3v) is 10.1. The summed E-state index contributed by atoms with van der Waals surface area (Å²) in [4.78, 5) is 0. The molecule has 23 heavy (non-hydrogen) atoms. The Hall–Kier alpha value is 2.78. The fourth-order valence-electron chi connectivity index (χ4n) is 2.79. The molecule has 1 radical (unpaired) electrons. The van der Waals surface area contributed by atoms with Crippen LogP contribution in [-0.2, 0) is 90.8 Å². The maximum Gasteiger partial charge on any atom is 0 e. The van der Waals surface area contributed by atoms with Gasteiger partial charge in [0.1, 0.15) is 0 Å². The van der Waals surface area contributed by atoms with Crippen LogP contribution < -0.4 is 0 Å². The minimum absolute atomic E-state index is 0. The molecular weight excluding hydrogens is 869 g/mol. The molecule has 0 aromatic rings. The third kappa shape index (κ3) is 16.7. The fourth-order valence-corrected chi connectivity index (χ4v) is 3.64. The third-order valence-electron chi connectivity index (χ3n) is 4.24. The molecule has 3 unspecified atom stereocenters. The van der Waals surface area contributed by atoms with E-state index in [1.807, 2.05) is 0 Å². The Morgan fingerprint density at radius 3 is 1.70 bits per heavy atom. The standard InChI is InChI=1S/C11H22.C5H7.C3H5.3W.Y/c1-5-10-6-9(4)11(7-10)8(2)3;1-4-5(2)3;1-3-2;;;;/h8-11H,5-7H2,1-4H3;5H,2-3H3;3H2,1H3;;;;/q;2*-1;;;;. The van der Waals surface area contributed by atoms with Crippen molar-refractivity contribution in [2.24, 2.45) is 29.6 Å². The van der Waals surface area contributed by atoms with E-state index in [9.17, 15) is 0 Å². The van der Waals surface area contributed by atoms with E-state index in [4.69, 9.17) is 0 Å². The van der Waals surface area contributed by atoms with Crippen molar-refractivity contribution in [1.82, 2.24) is 0 Å². The average molecular weight is 903 g/mol. The van der Waals surface area contributed by atoms with Crippen molar-refractivity contribution >= 4 is 12.7 Å². The average Bonchev–Trinajstić information content (AvgIpc) is 2.88. The van der Waals surface area contributed by atoms with Gasteiger partial charge in [0.2, 0.25) is 0 Å². The maximum atomic E-state index is 3.20. The van der Waals surface area contributed by atoms with Crippen molar-refractivity contribution in [3.63, 3.8) is 0 Å². The van der Waals surface area contributed by atoms with Crippen LogP contribution in [-0.4, -0.2) is 12.7 Å². The van der Waals surface area contributed by atoms with Gasteiger partial charge in [0, 0.05) is 32.7 Å². The van der Waals surface area contributed by atoms with Crippen molar-refractivity contribution in [2.75, 3.05) is 0 Å². The van der Waals surface area contributed by atoms with Crippen LogP contribution in [0.3, 0.4) is 0 Å². The van der Waals surface area contributed by atoms with E-state index in [1.54, 1.807) is 19.4 Å². The maximum absolute atomic E-state index is 3.20. The van der Waals surface area contributed by atoms with E-state index in [0.717, 1.165) is 36.0 Å². The first-order valence-corrected chi connectivity index (χ1v) is 12.9. The molecule has 0 amide bonds. The molecule has 1 aliphatic rings. The normalized spacial score (nSPS) is 22.2. The Labute approximate surface area is 204 Å². The van der Waals surface area contributed by atoms with Gasteiger partial charge < -0.3 is 0 Å². The van der Waals surface area contributed by atoms with E-state index >= 15 is 0 Å². The molecule has 4 heteroatoms. The Morgan fingerprint density at radius 1 is 1.09 bits per heavy atom. The molecule has 0 heterocycles. The molecule has 133 valence electrons. The second kappa shape index (κ2) is 19.5. The van der Waals surface area contributed by atoms with Crippen LogP contribution in [0, 0.1) is 29.6 Å². The van der Waals surface area contributed by atoms with Crippen molar-refractivity contribution in [3.05, 3.63) is 0 Å². The first-order chi connectivity index (χ1) is 10.2. The van der Waals surface area contributed by atoms with E-state index in [2.05, 4.69) is 57.3 Å². The van der Waals surface area contributed by atoms with Gasteiger partial charge in [-0.05, 0) is 36.5 Å². The van der Waals surface area contributed by atoms with Gasteiger partial charge >= 0.3 is 104 Å². The summed E-state index contributed by atoms with van der Waals surface area (Å²) < 4.78 is 7.68. The van der Waals surface area contributed by atoms with Crippen LogP contribution in [0.25, 0.3) is 0 Å². The first-order valence-electron chi connectivity index (χ1n) is 8.51. The molecule has 0 N–H and O–H groups in total. The Morgan fingerprint density at radius 2 is 1.57 bits per heavy atom. The zero-order valence-corrected chi connectivity index (χ0v) is 27.7. The molecule has 1 saturated carbocycles. The summed E-state index contributed by atoms with van der Waals surface area (Å²) in [6.45, 7) is 16.0. The van der Waals surface area contributed by atoms with Crippen LogP contribution >= 0.6 is 0 Å². The van der Waals surface area contributed by atoms with Crippen LogP contribution in [0.4, 0.5) is 0 Å². The van der Waals surface area contributed by atoms with Crippen LogP contribution in [0.1, 0.15) is 74.1 Å². The molecule has 0 saturated heterocycles. The van der Waals surface area contributed by atoms with E-state index < -0.39 is 0 Å². The van der Waals surface area contributed by atoms with Gasteiger partial charge in [-0.3, -0.25) is 0 Å². The van der Waals surface area contributed by atoms with Gasteiger partial charge in [-0.1, -0.05) is 34.1 Å². The molecule has 1 fully saturated rings. The Balaban J connectivity index is -0.000000290. The molecule has 0 spiro atoms. The number of hydrogen-bond acceptors (Lipinski definition) is 0. The minimum Gasteiger partial charge on any atom is 0 e. The predicted molar refractivity (Wildman–Crippen MR) is 90.7 cm³/mol. The van der Waals surface area contributed by atoms with Gasteiger partial charge in [-0.15, -0.1) is 0 Å². The molecule has 0 nitrogen and oxygen atoms in total. The summed E-state index contributed by atoms with van der Waals surface area (Å²) in [7, 11) is 0. The SMILES string of the molecule is CC(C)[C](=[W])[C-]=[W].CCC1CC(C)C(C(C)C)C1.CC[C-]=[W].[Y]. The topological polar surface area (TPSA) is 0 Å². The van der Waals surface area contributed by atoms with Gasteiger partial charge in [-0.2, -0.15) is 0 Å². The second-order valence-electron chi connectivity index (χ2n) is 6.75. The Kier molecular flexibility index (Phi) is 25.9. The summed E-state index contributed by atoms with van der Waals surface area (Å²) in [5, 5.41) is 0. The zero-order chi connectivity index (χ0) is 17.7. The molecule has 0 aliphatic heterocycles. The van der Waals surface area contributed by atoms with E-state index in [0.29, 0.717) is 0 Å². The van der Waals surface area contributed by atoms with Crippen molar-refractivity contribution in [3.8, 4) is 0 Å². The summed E-state index contributed by atoms with van der Waals surface area (Å²) in [6.07, 6.45) is 5.48. The van der Waals surface area contributed by atoms with Crippen molar-refractivity contribution < 1.29 is 90.8 Å². The quantitative estimate of drug-likeness (QED) is 0.345. The zero-order valence-electron chi connectivity index (χ0n) is 16.0. The van der Waals surface area contributed by atoms with E-state index in [1.165, 1.54) is 61.9 Å². The molecule has 0 aromatic carbocycles. The van der Waals surface area contributed by atoms with Crippen LogP contribution in [0.2, 0.25) is 0 Å². The van der Waals surface area contributed by atoms with Crippen molar-refractivity contribution in [2.45, 2.75) is 74.1 Å². The second-order valence-corrected chi connectivity index (χ2v) is 10.1. The minimum atomic E-state index is 0. The van der Waals surface area contributed by atoms with E-state index in [-0.39, 0.29) is 32.7 Å². The fraction of sp³-hybridized carbons (Fsp3) is 0.842. The predicted octanol–water partition coefficient (Wildman–Crippen LogP) is 4.92. The molecule has 0 bridgehead atoms. The molecule has 1 rings (SSSR count). The Bertz CT molecular complexity index is 314. The van der Waals surface area contributed by atoms with Crippen LogP contribution in [0.15, 0.2) is 0 Å². The van der Waals surface area contributed by atoms with Crippen LogP contribution in [0.5, 0.6) is 0 Å². The number of rotatable bonds is 5. The number of hydrogen-bond donors (Lipinski definition) is 0. The molecular formula is C19H34W3Y-2. The molecule has 1 aliphatic carbocycles. The summed E-state index contributed by atoms with van der Waals surface area (Å²) in [5.41, 5.74) is 0. The van der Waals surface area contributed by atoms with Crippen molar-refractivity contribution in [1.29, 1.82) is 0 Å². The summed E-state index contributed by atoms with van der Waals surface area (Å²) >= 11 is 4.48. The van der Waals surface area contributed by atoms with Gasteiger partial charge in [0.15, 0.2) is 0 Å². The molecule has 0 aromatic heterocycles. The van der Waals surface area contributed by atoms with Gasteiger partial charge in [0.05, 0.1) is 0 Å². The first kappa shape index (κ1) is 30.5. The largest absolute Gasteiger partial charge is 0 e.